The third kappa shape index (κ3) is 5.10. The first-order valence-electron chi connectivity index (χ1n) is 7.69. The maximum Gasteiger partial charge on any atom is 0.237 e. The number of carbonyl (C=O) groups excluding carboxylic acids is 1. The zero-order valence-corrected chi connectivity index (χ0v) is 13.8. The molecule has 1 unspecified atom stereocenters. The minimum absolute atomic E-state index is 0.0599. The number of benzene rings is 1. The summed E-state index contributed by atoms with van der Waals surface area (Å²) in [6.07, 6.45) is 2.15. The van der Waals surface area contributed by atoms with Crippen LogP contribution in [0, 0.1) is 0 Å². The van der Waals surface area contributed by atoms with Crippen LogP contribution in [-0.4, -0.2) is 56.9 Å². The lowest BCUT2D eigenvalue weighted by atomic mass is 10.1. The van der Waals surface area contributed by atoms with Gasteiger partial charge in [-0.25, -0.2) is 8.42 Å². The monoisotopic (exact) mass is 324 g/mol. The molecule has 1 heterocycles. The van der Waals surface area contributed by atoms with Gasteiger partial charge in [0.25, 0.3) is 0 Å². The third-order valence-corrected chi connectivity index (χ3v) is 5.68. The third-order valence-electron chi connectivity index (χ3n) is 4.08. The molecule has 0 saturated carbocycles. The predicted octanol–water partition coefficient (Wildman–Crippen LogP) is 0.854. The summed E-state index contributed by atoms with van der Waals surface area (Å²) in [5.74, 6) is -0.618. The highest BCUT2D eigenvalue weighted by Gasteiger charge is 2.26. The molecule has 6 heteroatoms. The Labute approximate surface area is 132 Å². The predicted molar refractivity (Wildman–Crippen MR) is 87.5 cm³/mol. The number of nitrogens with zero attached hydrogens (tertiary/aromatic N) is 1. The van der Waals surface area contributed by atoms with Crippen LogP contribution in [0.5, 0.6) is 0 Å². The van der Waals surface area contributed by atoms with E-state index in [2.05, 4.69) is 5.32 Å². The average molecular weight is 324 g/mol. The highest BCUT2D eigenvalue weighted by Crippen LogP contribution is 2.09. The molecular formula is C16H24N2O3S. The smallest absolute Gasteiger partial charge is 0.237 e. The van der Waals surface area contributed by atoms with E-state index in [9.17, 15) is 13.2 Å². The standard InChI is InChI=1S/C16H24N2O3S/c1-18(15-9-10-17-12-15)16(19)13-22(20,21)11-5-8-14-6-3-2-4-7-14/h2-4,6-7,15,17H,5,8-13H2,1H3. The summed E-state index contributed by atoms with van der Waals surface area (Å²) in [5, 5.41) is 3.18. The van der Waals surface area contributed by atoms with Crippen LogP contribution in [0.2, 0.25) is 0 Å². The number of rotatable bonds is 7. The number of carbonyl (C=O) groups is 1. The van der Waals surface area contributed by atoms with Gasteiger partial charge in [0.15, 0.2) is 9.84 Å². The van der Waals surface area contributed by atoms with E-state index in [1.54, 1.807) is 11.9 Å². The van der Waals surface area contributed by atoms with Crippen LogP contribution in [0.4, 0.5) is 0 Å². The number of amides is 1. The molecule has 22 heavy (non-hydrogen) atoms. The van der Waals surface area contributed by atoms with E-state index in [1.807, 2.05) is 30.3 Å². The van der Waals surface area contributed by atoms with Crippen molar-refractivity contribution in [1.82, 2.24) is 10.2 Å². The zero-order valence-electron chi connectivity index (χ0n) is 13.0. The maximum atomic E-state index is 12.1. The molecule has 0 bridgehead atoms. The number of hydrogen-bond acceptors (Lipinski definition) is 4. The summed E-state index contributed by atoms with van der Waals surface area (Å²) in [7, 11) is -1.64. The Morgan fingerprint density at radius 1 is 1.32 bits per heavy atom. The highest BCUT2D eigenvalue weighted by atomic mass is 32.2. The van der Waals surface area contributed by atoms with Gasteiger partial charge in [0.2, 0.25) is 5.91 Å². The van der Waals surface area contributed by atoms with Gasteiger partial charge in [0, 0.05) is 19.6 Å². The summed E-state index contributed by atoms with van der Waals surface area (Å²) in [4.78, 5) is 13.7. The van der Waals surface area contributed by atoms with E-state index in [0.717, 1.165) is 31.5 Å². The first kappa shape index (κ1) is 17.0. The molecule has 1 fully saturated rings. The lowest BCUT2D eigenvalue weighted by molar-refractivity contribution is -0.128. The minimum Gasteiger partial charge on any atom is -0.341 e. The van der Waals surface area contributed by atoms with Crippen LogP contribution in [0.1, 0.15) is 18.4 Å². The van der Waals surface area contributed by atoms with Crippen molar-refractivity contribution in [2.75, 3.05) is 31.6 Å². The maximum absolute atomic E-state index is 12.1. The number of aryl methyl sites for hydroxylation is 1. The van der Waals surface area contributed by atoms with Crippen molar-refractivity contribution in [3.05, 3.63) is 35.9 Å². The first-order valence-corrected chi connectivity index (χ1v) is 9.51. The topological polar surface area (TPSA) is 66.5 Å². The summed E-state index contributed by atoms with van der Waals surface area (Å²) in [5.41, 5.74) is 1.12. The van der Waals surface area contributed by atoms with Gasteiger partial charge in [-0.15, -0.1) is 0 Å². The van der Waals surface area contributed by atoms with Crippen LogP contribution >= 0.6 is 0 Å². The molecule has 1 saturated heterocycles. The minimum atomic E-state index is -3.34. The van der Waals surface area contributed by atoms with Crippen molar-refractivity contribution < 1.29 is 13.2 Å². The van der Waals surface area contributed by atoms with Gasteiger partial charge in [0.1, 0.15) is 5.75 Å². The van der Waals surface area contributed by atoms with Gasteiger partial charge in [0.05, 0.1) is 5.75 Å². The van der Waals surface area contributed by atoms with E-state index in [0.29, 0.717) is 6.42 Å². The molecule has 1 aromatic rings. The molecule has 0 aliphatic carbocycles. The molecule has 1 aliphatic heterocycles. The lowest BCUT2D eigenvalue weighted by Crippen LogP contribution is -2.41. The molecule has 1 N–H and O–H groups in total. The van der Waals surface area contributed by atoms with E-state index in [1.165, 1.54) is 0 Å². The second kappa shape index (κ2) is 7.74. The van der Waals surface area contributed by atoms with Gasteiger partial charge in [-0.3, -0.25) is 4.79 Å². The summed E-state index contributed by atoms with van der Waals surface area (Å²) in [6.45, 7) is 1.63. The molecule has 1 aromatic carbocycles. The van der Waals surface area contributed by atoms with Crippen LogP contribution < -0.4 is 5.32 Å². The number of likely N-dealkylation sites (N-methyl/N-ethyl adjacent to an activating group) is 1. The van der Waals surface area contributed by atoms with E-state index in [-0.39, 0.29) is 23.5 Å². The van der Waals surface area contributed by atoms with Crippen LogP contribution in [0.25, 0.3) is 0 Å². The normalized spacial score (nSPS) is 18.3. The quantitative estimate of drug-likeness (QED) is 0.808. The molecule has 1 atom stereocenters. The zero-order chi connectivity index (χ0) is 16.0. The molecule has 0 radical (unpaired) electrons. The van der Waals surface area contributed by atoms with Crippen LogP contribution in [0.3, 0.4) is 0 Å². The molecule has 122 valence electrons. The average Bonchev–Trinajstić information content (AvgIpc) is 3.01. The molecule has 5 nitrogen and oxygen atoms in total. The molecule has 0 spiro atoms. The molecule has 0 aromatic heterocycles. The SMILES string of the molecule is CN(C(=O)CS(=O)(=O)CCCc1ccccc1)C1CCNC1. The van der Waals surface area contributed by atoms with Crippen molar-refractivity contribution in [1.29, 1.82) is 0 Å². The van der Waals surface area contributed by atoms with Crippen LogP contribution in [0.15, 0.2) is 30.3 Å². The van der Waals surface area contributed by atoms with Gasteiger partial charge in [-0.1, -0.05) is 30.3 Å². The summed E-state index contributed by atoms with van der Waals surface area (Å²) < 4.78 is 24.2. The number of nitrogens with one attached hydrogen (secondary N) is 1. The van der Waals surface area contributed by atoms with Crippen LogP contribution in [-0.2, 0) is 21.1 Å². The summed E-state index contributed by atoms with van der Waals surface area (Å²) in [6, 6.07) is 9.91. The molecular weight excluding hydrogens is 300 g/mol. The van der Waals surface area contributed by atoms with Gasteiger partial charge < -0.3 is 10.2 Å². The van der Waals surface area contributed by atoms with E-state index >= 15 is 0 Å². The molecule has 1 aliphatic rings. The Morgan fingerprint density at radius 2 is 2.05 bits per heavy atom. The molecule has 1 amide bonds. The Bertz CT molecular complexity index is 581. The fourth-order valence-corrected chi connectivity index (χ4v) is 3.99. The largest absolute Gasteiger partial charge is 0.341 e. The summed E-state index contributed by atoms with van der Waals surface area (Å²) >= 11 is 0. The number of sulfone groups is 1. The van der Waals surface area contributed by atoms with Crippen molar-refractivity contribution in [2.24, 2.45) is 0 Å². The van der Waals surface area contributed by atoms with Gasteiger partial charge >= 0.3 is 0 Å². The van der Waals surface area contributed by atoms with Crippen molar-refractivity contribution in [2.45, 2.75) is 25.3 Å². The lowest BCUT2D eigenvalue weighted by Gasteiger charge is -2.23. The fourth-order valence-electron chi connectivity index (χ4n) is 2.68. The molecule has 2 rings (SSSR count). The first-order chi connectivity index (χ1) is 10.5. The Kier molecular flexibility index (Phi) is 5.97. The van der Waals surface area contributed by atoms with E-state index in [4.69, 9.17) is 0 Å². The highest BCUT2D eigenvalue weighted by molar-refractivity contribution is 7.92. The van der Waals surface area contributed by atoms with E-state index < -0.39 is 9.84 Å². The second-order valence-corrected chi connectivity index (χ2v) is 8.02. The van der Waals surface area contributed by atoms with Gasteiger partial charge in [-0.05, 0) is 31.4 Å². The van der Waals surface area contributed by atoms with Gasteiger partial charge in [-0.2, -0.15) is 0 Å². The Hall–Kier alpha value is -1.40. The van der Waals surface area contributed by atoms with Crippen molar-refractivity contribution >= 4 is 15.7 Å². The second-order valence-electron chi connectivity index (χ2n) is 5.83. The number of hydrogen-bond donors (Lipinski definition) is 1. The van der Waals surface area contributed by atoms with Crippen molar-refractivity contribution in [3.8, 4) is 0 Å². The van der Waals surface area contributed by atoms with Crippen molar-refractivity contribution in [3.63, 3.8) is 0 Å². The fraction of sp³-hybridized carbons (Fsp3) is 0.562. The Balaban J connectivity index is 1.78. The Morgan fingerprint density at radius 3 is 2.68 bits per heavy atom.